The zero-order valence-electron chi connectivity index (χ0n) is 13.8. The summed E-state index contributed by atoms with van der Waals surface area (Å²) in [5, 5.41) is 14.3. The van der Waals surface area contributed by atoms with Gasteiger partial charge in [-0.2, -0.15) is 0 Å². The third-order valence-electron chi connectivity index (χ3n) is 3.83. The predicted octanol–water partition coefficient (Wildman–Crippen LogP) is 5.46. The minimum absolute atomic E-state index is 0.0625. The van der Waals surface area contributed by atoms with Crippen molar-refractivity contribution in [1.82, 2.24) is 4.98 Å². The quantitative estimate of drug-likeness (QED) is 0.274. The Balaban J connectivity index is 1.82. The maximum absolute atomic E-state index is 10.7. The maximum atomic E-state index is 10.7. The molecule has 0 aliphatic heterocycles. The number of anilines is 2. The van der Waals surface area contributed by atoms with Crippen molar-refractivity contribution >= 4 is 45.9 Å². The highest BCUT2D eigenvalue weighted by Gasteiger charge is 2.12. The van der Waals surface area contributed by atoms with E-state index in [0.29, 0.717) is 21.4 Å². The van der Waals surface area contributed by atoms with Crippen molar-refractivity contribution in [2.75, 3.05) is 5.32 Å². The molecule has 3 rings (SSSR count). The van der Waals surface area contributed by atoms with Crippen LogP contribution < -0.4 is 5.32 Å². The van der Waals surface area contributed by atoms with Crippen LogP contribution in [0.15, 0.2) is 60.8 Å². The highest BCUT2D eigenvalue weighted by atomic mass is 35.5. The second kappa shape index (κ2) is 7.59. The zero-order valence-corrected chi connectivity index (χ0v) is 15.3. The number of rotatable bonds is 5. The van der Waals surface area contributed by atoms with Crippen LogP contribution in [0.4, 0.5) is 17.2 Å². The minimum Gasteiger partial charge on any atom is -0.340 e. The Morgan fingerprint density at radius 2 is 1.92 bits per heavy atom. The van der Waals surface area contributed by atoms with Gasteiger partial charge in [-0.05, 0) is 42.3 Å². The number of aromatic nitrogens is 1. The lowest BCUT2D eigenvalue weighted by Gasteiger charge is -2.12. The summed E-state index contributed by atoms with van der Waals surface area (Å²) in [5.74, 6) is 0.487. The van der Waals surface area contributed by atoms with E-state index < -0.39 is 4.92 Å². The Morgan fingerprint density at radius 3 is 2.54 bits per heavy atom. The molecule has 0 unspecified atom stereocenters. The summed E-state index contributed by atoms with van der Waals surface area (Å²) in [7, 11) is 0. The molecule has 1 heterocycles. The van der Waals surface area contributed by atoms with Crippen LogP contribution in [0.3, 0.4) is 0 Å². The normalized spacial score (nSPS) is 10.4. The summed E-state index contributed by atoms with van der Waals surface area (Å²) in [6.07, 6.45) is 1.20. The van der Waals surface area contributed by atoms with Crippen molar-refractivity contribution in [1.29, 1.82) is 0 Å². The Labute approximate surface area is 160 Å². The van der Waals surface area contributed by atoms with Crippen LogP contribution in [-0.2, 0) is 0 Å². The molecule has 0 amide bonds. The van der Waals surface area contributed by atoms with Gasteiger partial charge in [0.1, 0.15) is 12.0 Å². The molecule has 0 spiro atoms. The van der Waals surface area contributed by atoms with E-state index >= 15 is 0 Å². The van der Waals surface area contributed by atoms with Gasteiger partial charge in [0.25, 0.3) is 5.69 Å². The van der Waals surface area contributed by atoms with Gasteiger partial charge < -0.3 is 5.32 Å². The molecule has 1 aromatic heterocycles. The molecule has 2 aromatic carbocycles. The lowest BCUT2D eigenvalue weighted by molar-refractivity contribution is -0.385. The number of hydrogen-bond acceptors (Lipinski definition) is 5. The smallest absolute Gasteiger partial charge is 0.287 e. The summed E-state index contributed by atoms with van der Waals surface area (Å²) >= 11 is 12.0. The molecule has 5 nitrogen and oxygen atoms in total. The molecule has 130 valence electrons. The molecular weight excluding hydrogens is 370 g/mol. The van der Waals surface area contributed by atoms with E-state index in [-0.39, 0.29) is 5.69 Å². The Hall–Kier alpha value is -2.83. The topological polar surface area (TPSA) is 68.1 Å². The van der Waals surface area contributed by atoms with Crippen LogP contribution in [0.5, 0.6) is 0 Å². The molecule has 0 bridgehead atoms. The number of nitro groups is 1. The van der Waals surface area contributed by atoms with Crippen molar-refractivity contribution in [3.05, 3.63) is 92.6 Å². The molecule has 1 N–H and O–H groups in total. The number of benzene rings is 2. The SMILES string of the molecule is Cc1ccccc1C(=S)c1ccc(Nc2ccc([N+](=O)[O-])cn2)cc1Cl. The van der Waals surface area contributed by atoms with E-state index in [1.165, 1.54) is 18.3 Å². The Morgan fingerprint density at radius 1 is 1.15 bits per heavy atom. The Bertz CT molecular complexity index is 990. The van der Waals surface area contributed by atoms with Gasteiger partial charge >= 0.3 is 0 Å². The van der Waals surface area contributed by atoms with Crippen molar-refractivity contribution in [2.45, 2.75) is 6.92 Å². The fraction of sp³-hybridized carbons (Fsp3) is 0.0526. The average molecular weight is 384 g/mol. The van der Waals surface area contributed by atoms with Gasteiger partial charge in [-0.15, -0.1) is 0 Å². The van der Waals surface area contributed by atoms with Crippen LogP contribution >= 0.6 is 23.8 Å². The largest absolute Gasteiger partial charge is 0.340 e. The van der Waals surface area contributed by atoms with E-state index in [1.54, 1.807) is 6.07 Å². The Kier molecular flexibility index (Phi) is 5.25. The fourth-order valence-corrected chi connectivity index (χ4v) is 3.20. The second-order valence-electron chi connectivity index (χ2n) is 5.62. The van der Waals surface area contributed by atoms with Gasteiger partial charge in [-0.25, -0.2) is 4.98 Å². The second-order valence-corrected chi connectivity index (χ2v) is 6.44. The fourth-order valence-electron chi connectivity index (χ4n) is 2.47. The van der Waals surface area contributed by atoms with Gasteiger partial charge in [-0.1, -0.05) is 48.1 Å². The molecular formula is C19H14ClN3O2S. The number of hydrogen-bond donors (Lipinski definition) is 1. The molecule has 0 radical (unpaired) electrons. The first kappa shape index (κ1) is 18.0. The molecule has 0 saturated heterocycles. The zero-order chi connectivity index (χ0) is 18.7. The lowest BCUT2D eigenvalue weighted by atomic mass is 10.00. The summed E-state index contributed by atoms with van der Waals surface area (Å²) < 4.78 is 0. The van der Waals surface area contributed by atoms with Crippen LogP contribution in [0.2, 0.25) is 5.02 Å². The monoisotopic (exact) mass is 383 g/mol. The van der Waals surface area contributed by atoms with Crippen molar-refractivity contribution in [2.24, 2.45) is 0 Å². The third-order valence-corrected chi connectivity index (χ3v) is 4.59. The molecule has 0 aliphatic rings. The lowest BCUT2D eigenvalue weighted by Crippen LogP contribution is -2.03. The van der Waals surface area contributed by atoms with Crippen molar-refractivity contribution in [3.8, 4) is 0 Å². The molecule has 7 heteroatoms. The summed E-state index contributed by atoms with van der Waals surface area (Å²) in [4.78, 5) is 14.9. The highest BCUT2D eigenvalue weighted by Crippen LogP contribution is 2.27. The van der Waals surface area contributed by atoms with E-state index in [4.69, 9.17) is 23.8 Å². The summed E-state index contributed by atoms with van der Waals surface area (Å²) in [6.45, 7) is 2.01. The van der Waals surface area contributed by atoms with Crippen molar-refractivity contribution in [3.63, 3.8) is 0 Å². The van der Waals surface area contributed by atoms with E-state index in [1.807, 2.05) is 43.3 Å². The first-order valence-electron chi connectivity index (χ1n) is 7.73. The van der Waals surface area contributed by atoms with Gasteiger partial charge in [0.15, 0.2) is 0 Å². The molecule has 0 fully saturated rings. The number of nitrogens with one attached hydrogen (secondary N) is 1. The minimum atomic E-state index is -0.491. The van der Waals surface area contributed by atoms with Gasteiger partial charge in [0.2, 0.25) is 0 Å². The number of thiocarbonyl (C=S) groups is 1. The van der Waals surface area contributed by atoms with Crippen LogP contribution in [0.25, 0.3) is 0 Å². The number of aryl methyl sites for hydroxylation is 1. The van der Waals surface area contributed by atoms with Gasteiger partial charge in [0.05, 0.1) is 14.8 Å². The number of nitrogens with zero attached hydrogens (tertiary/aromatic N) is 2. The first-order chi connectivity index (χ1) is 12.5. The molecule has 3 aromatic rings. The van der Waals surface area contributed by atoms with Crippen LogP contribution in [0, 0.1) is 17.0 Å². The van der Waals surface area contributed by atoms with Gasteiger partial charge in [-0.3, -0.25) is 10.1 Å². The van der Waals surface area contributed by atoms with Crippen molar-refractivity contribution < 1.29 is 4.92 Å². The molecule has 0 atom stereocenters. The van der Waals surface area contributed by atoms with Crippen LogP contribution in [-0.4, -0.2) is 14.8 Å². The molecule has 26 heavy (non-hydrogen) atoms. The standard InChI is InChI=1S/C19H14ClN3O2S/c1-12-4-2-3-5-15(12)19(26)16-8-6-13(10-17(16)20)22-18-9-7-14(11-21-18)23(24)25/h2-11H,1H3,(H,21,22). The van der Waals surface area contributed by atoms with E-state index in [9.17, 15) is 10.1 Å². The van der Waals surface area contributed by atoms with E-state index in [0.717, 1.165) is 16.7 Å². The molecule has 0 aliphatic carbocycles. The highest BCUT2D eigenvalue weighted by molar-refractivity contribution is 7.81. The number of pyridine rings is 1. The van der Waals surface area contributed by atoms with E-state index in [2.05, 4.69) is 10.3 Å². The number of halogens is 1. The maximum Gasteiger partial charge on any atom is 0.287 e. The van der Waals surface area contributed by atoms with Gasteiger partial charge in [0, 0.05) is 17.3 Å². The van der Waals surface area contributed by atoms with Crippen LogP contribution in [0.1, 0.15) is 16.7 Å². The summed E-state index contributed by atoms with van der Waals surface area (Å²) in [6, 6.07) is 16.3. The first-order valence-corrected chi connectivity index (χ1v) is 8.51. The molecule has 0 saturated carbocycles. The predicted molar refractivity (Wildman–Crippen MR) is 108 cm³/mol. The third kappa shape index (κ3) is 3.87. The summed E-state index contributed by atoms with van der Waals surface area (Å²) in [5.41, 5.74) is 3.49. The average Bonchev–Trinajstić information content (AvgIpc) is 2.62.